The number of rotatable bonds is 2. The second-order valence-electron chi connectivity index (χ2n) is 4.87. The van der Waals surface area contributed by atoms with Gasteiger partial charge >= 0.3 is 0 Å². The van der Waals surface area contributed by atoms with E-state index in [2.05, 4.69) is 28.9 Å². The van der Waals surface area contributed by atoms with Crippen molar-refractivity contribution >= 4 is 12.1 Å². The fourth-order valence-corrected chi connectivity index (χ4v) is 2.60. The summed E-state index contributed by atoms with van der Waals surface area (Å²) in [5.41, 5.74) is 1.53. The van der Waals surface area contributed by atoms with Crippen LogP contribution in [0.1, 0.15) is 23.0 Å². The molecule has 0 amide bonds. The molecule has 17 heavy (non-hydrogen) atoms. The lowest BCUT2D eigenvalue weighted by Crippen LogP contribution is -2.51. The highest BCUT2D eigenvalue weighted by atomic mass is 16.1. The van der Waals surface area contributed by atoms with Gasteiger partial charge in [-0.3, -0.25) is 9.48 Å². The highest BCUT2D eigenvalue weighted by Crippen LogP contribution is 2.25. The number of nitrogens with zero attached hydrogens (tertiary/aromatic N) is 4. The Kier molecular flexibility index (Phi) is 3.19. The van der Waals surface area contributed by atoms with Crippen molar-refractivity contribution in [3.63, 3.8) is 0 Å². The van der Waals surface area contributed by atoms with Gasteiger partial charge < -0.3 is 9.80 Å². The first-order valence-electron chi connectivity index (χ1n) is 5.98. The van der Waals surface area contributed by atoms with Gasteiger partial charge in [0.05, 0.1) is 11.3 Å². The molecule has 0 aromatic carbocycles. The highest BCUT2D eigenvalue weighted by molar-refractivity contribution is 5.85. The lowest BCUT2D eigenvalue weighted by molar-refractivity contribution is 0.112. The summed E-state index contributed by atoms with van der Waals surface area (Å²) in [6, 6.07) is 0.405. The highest BCUT2D eigenvalue weighted by Gasteiger charge is 2.27. The Labute approximate surface area is 102 Å². The molecule has 2 rings (SSSR count). The molecule has 1 aromatic rings. The van der Waals surface area contributed by atoms with Crippen molar-refractivity contribution in [3.05, 3.63) is 11.3 Å². The van der Waals surface area contributed by atoms with Crippen molar-refractivity contribution in [1.29, 1.82) is 0 Å². The van der Waals surface area contributed by atoms with Crippen LogP contribution in [-0.4, -0.2) is 53.7 Å². The van der Waals surface area contributed by atoms with E-state index in [1.165, 1.54) is 0 Å². The maximum Gasteiger partial charge on any atom is 0.155 e. The van der Waals surface area contributed by atoms with Crippen molar-refractivity contribution < 1.29 is 4.79 Å². The molecular formula is C12H20N4O. The zero-order valence-corrected chi connectivity index (χ0v) is 11.0. The van der Waals surface area contributed by atoms with E-state index >= 15 is 0 Å². The van der Waals surface area contributed by atoms with Crippen LogP contribution < -0.4 is 4.90 Å². The van der Waals surface area contributed by atoms with Gasteiger partial charge in [0.15, 0.2) is 6.29 Å². The van der Waals surface area contributed by atoms with E-state index < -0.39 is 0 Å². The Hall–Kier alpha value is -1.36. The Bertz CT molecular complexity index is 426. The molecule has 1 aromatic heterocycles. The van der Waals surface area contributed by atoms with Crippen LogP contribution in [0.2, 0.25) is 0 Å². The second-order valence-corrected chi connectivity index (χ2v) is 4.87. The summed E-state index contributed by atoms with van der Waals surface area (Å²) < 4.78 is 1.82. The fourth-order valence-electron chi connectivity index (χ4n) is 2.60. The van der Waals surface area contributed by atoms with Crippen LogP contribution in [0.4, 0.5) is 5.82 Å². The van der Waals surface area contributed by atoms with Gasteiger partial charge in [-0.05, 0) is 20.9 Å². The molecule has 1 unspecified atom stereocenters. The van der Waals surface area contributed by atoms with Crippen molar-refractivity contribution in [1.82, 2.24) is 14.7 Å². The first kappa shape index (κ1) is 12.1. The van der Waals surface area contributed by atoms with E-state index in [4.69, 9.17) is 0 Å². The maximum atomic E-state index is 11.2. The molecule has 1 fully saturated rings. The third-order valence-electron chi connectivity index (χ3n) is 3.46. The van der Waals surface area contributed by atoms with Gasteiger partial charge in [0.2, 0.25) is 0 Å². The van der Waals surface area contributed by atoms with Crippen LogP contribution in [0, 0.1) is 6.92 Å². The van der Waals surface area contributed by atoms with E-state index in [1.807, 2.05) is 18.7 Å². The molecule has 1 aliphatic heterocycles. The van der Waals surface area contributed by atoms with Crippen LogP contribution in [-0.2, 0) is 7.05 Å². The van der Waals surface area contributed by atoms with Gasteiger partial charge in [0.1, 0.15) is 5.82 Å². The second kappa shape index (κ2) is 4.49. The SMILES string of the molecule is Cc1nn(C)c(N2CCN(C)CC2C)c1C=O. The Morgan fingerprint density at radius 1 is 1.35 bits per heavy atom. The number of carbonyl (C=O) groups is 1. The molecule has 1 aliphatic rings. The monoisotopic (exact) mass is 236 g/mol. The van der Waals surface area contributed by atoms with Crippen molar-refractivity contribution in [2.75, 3.05) is 31.6 Å². The quantitative estimate of drug-likeness (QED) is 0.708. The average Bonchev–Trinajstić information content (AvgIpc) is 2.53. The predicted octanol–water partition coefficient (Wildman–Crippen LogP) is 0.681. The summed E-state index contributed by atoms with van der Waals surface area (Å²) in [5.74, 6) is 0.957. The minimum Gasteiger partial charge on any atom is -0.351 e. The minimum absolute atomic E-state index is 0.405. The summed E-state index contributed by atoms with van der Waals surface area (Å²) in [6.07, 6.45) is 0.919. The standard InChI is InChI=1S/C12H20N4O/c1-9-7-14(3)5-6-16(9)12-11(8-17)10(2)13-15(12)4/h8-9H,5-7H2,1-4H3. The third-order valence-corrected chi connectivity index (χ3v) is 3.46. The summed E-state index contributed by atoms with van der Waals surface area (Å²) in [7, 11) is 4.03. The van der Waals surface area contributed by atoms with Crippen LogP contribution in [0.3, 0.4) is 0 Å². The molecule has 0 N–H and O–H groups in total. The molecule has 0 saturated carbocycles. The van der Waals surface area contributed by atoms with Crippen LogP contribution >= 0.6 is 0 Å². The fraction of sp³-hybridized carbons (Fsp3) is 0.667. The van der Waals surface area contributed by atoms with E-state index in [0.717, 1.165) is 43.0 Å². The van der Waals surface area contributed by atoms with Crippen LogP contribution in [0.25, 0.3) is 0 Å². The molecule has 0 radical (unpaired) electrons. The Morgan fingerprint density at radius 3 is 2.65 bits per heavy atom. The smallest absolute Gasteiger partial charge is 0.155 e. The molecule has 0 spiro atoms. The predicted molar refractivity (Wildman–Crippen MR) is 67.6 cm³/mol. The van der Waals surface area contributed by atoms with Crippen molar-refractivity contribution in [2.24, 2.45) is 7.05 Å². The molecule has 5 nitrogen and oxygen atoms in total. The first-order valence-corrected chi connectivity index (χ1v) is 5.98. The number of aldehydes is 1. The summed E-state index contributed by atoms with van der Waals surface area (Å²) in [4.78, 5) is 15.8. The lowest BCUT2D eigenvalue weighted by atomic mass is 10.1. The molecule has 2 heterocycles. The van der Waals surface area contributed by atoms with Gasteiger partial charge in [-0.25, -0.2) is 0 Å². The third kappa shape index (κ3) is 2.07. The zero-order valence-electron chi connectivity index (χ0n) is 11.0. The lowest BCUT2D eigenvalue weighted by Gasteiger charge is -2.39. The van der Waals surface area contributed by atoms with Crippen LogP contribution in [0.15, 0.2) is 0 Å². The molecule has 1 atom stereocenters. The summed E-state index contributed by atoms with van der Waals surface area (Å²) >= 11 is 0. The van der Waals surface area contributed by atoms with E-state index in [9.17, 15) is 4.79 Å². The van der Waals surface area contributed by atoms with Crippen LogP contribution in [0.5, 0.6) is 0 Å². The number of hydrogen-bond donors (Lipinski definition) is 0. The molecule has 94 valence electrons. The van der Waals surface area contributed by atoms with E-state index in [0.29, 0.717) is 6.04 Å². The number of hydrogen-bond acceptors (Lipinski definition) is 4. The maximum absolute atomic E-state index is 11.2. The number of aromatic nitrogens is 2. The topological polar surface area (TPSA) is 41.4 Å². The van der Waals surface area contributed by atoms with Crippen molar-refractivity contribution in [2.45, 2.75) is 19.9 Å². The molecule has 1 saturated heterocycles. The number of anilines is 1. The molecule has 0 bridgehead atoms. The molecule has 5 heteroatoms. The number of carbonyl (C=O) groups excluding carboxylic acids is 1. The molecular weight excluding hydrogens is 216 g/mol. The largest absolute Gasteiger partial charge is 0.351 e. The normalized spacial score (nSPS) is 21.9. The van der Waals surface area contributed by atoms with E-state index in [1.54, 1.807) is 0 Å². The van der Waals surface area contributed by atoms with Gasteiger partial charge in [-0.2, -0.15) is 5.10 Å². The first-order chi connectivity index (χ1) is 8.04. The summed E-state index contributed by atoms with van der Waals surface area (Å²) in [5, 5.41) is 4.34. The Morgan fingerprint density at radius 2 is 2.06 bits per heavy atom. The zero-order chi connectivity index (χ0) is 12.6. The Balaban J connectivity index is 2.36. The van der Waals surface area contributed by atoms with Gasteiger partial charge in [-0.1, -0.05) is 0 Å². The van der Waals surface area contributed by atoms with Crippen molar-refractivity contribution in [3.8, 4) is 0 Å². The summed E-state index contributed by atoms with van der Waals surface area (Å²) in [6.45, 7) is 7.05. The van der Waals surface area contributed by atoms with Gasteiger partial charge in [-0.15, -0.1) is 0 Å². The number of aryl methyl sites for hydroxylation is 2. The van der Waals surface area contributed by atoms with E-state index in [-0.39, 0.29) is 0 Å². The molecule has 0 aliphatic carbocycles. The number of piperazine rings is 1. The average molecular weight is 236 g/mol. The number of likely N-dealkylation sites (N-methyl/N-ethyl adjacent to an activating group) is 1. The van der Waals surface area contributed by atoms with Gasteiger partial charge in [0, 0.05) is 32.7 Å². The minimum atomic E-state index is 0.405. The van der Waals surface area contributed by atoms with Gasteiger partial charge in [0.25, 0.3) is 0 Å².